The summed E-state index contributed by atoms with van der Waals surface area (Å²) in [6.45, 7) is 6.66. The molecule has 1 unspecified atom stereocenters. The van der Waals surface area contributed by atoms with Crippen LogP contribution in [0.15, 0.2) is 0 Å². The molecule has 0 radical (unpaired) electrons. The molecule has 0 aliphatic rings. The summed E-state index contributed by atoms with van der Waals surface area (Å²) in [5, 5.41) is 0. The molecule has 0 rings (SSSR count). The fourth-order valence-corrected chi connectivity index (χ4v) is 12.2. The SMILES string of the molecule is CCCCCCCCCCCCCCCCCCCCCCCCCCCCCCCCCCC(=O)OCC(COC(=O)CCCCCCC)OC(=O)CCCCCCCCCCCCCCCCCCCCCCCCCCCCC. The molecule has 0 aromatic heterocycles. The van der Waals surface area contributed by atoms with Gasteiger partial charge in [0.1, 0.15) is 13.2 Å². The monoisotopic (exact) mass is 1160 g/mol. The Labute approximate surface area is 514 Å². The van der Waals surface area contributed by atoms with Gasteiger partial charge in [0.05, 0.1) is 0 Å². The first kappa shape index (κ1) is 80.4. The Balaban J connectivity index is 3.84. The third kappa shape index (κ3) is 69.2. The average Bonchev–Trinajstić information content (AvgIpc) is 3.48. The van der Waals surface area contributed by atoms with Gasteiger partial charge in [0.2, 0.25) is 0 Å². The van der Waals surface area contributed by atoms with Gasteiger partial charge in [-0.3, -0.25) is 14.4 Å². The molecule has 0 saturated carbocycles. The van der Waals surface area contributed by atoms with Gasteiger partial charge in [0, 0.05) is 19.3 Å². The summed E-state index contributed by atoms with van der Waals surface area (Å²) in [7, 11) is 0. The van der Waals surface area contributed by atoms with Crippen molar-refractivity contribution in [2.45, 2.75) is 457 Å². The largest absolute Gasteiger partial charge is 0.462 e. The van der Waals surface area contributed by atoms with E-state index in [4.69, 9.17) is 14.2 Å². The molecule has 0 aromatic rings. The Bertz CT molecular complexity index is 1240. The Morgan fingerprint density at radius 3 is 0.488 bits per heavy atom. The summed E-state index contributed by atoms with van der Waals surface area (Å²) in [5.74, 6) is -0.840. The van der Waals surface area contributed by atoms with Crippen molar-refractivity contribution in [3.05, 3.63) is 0 Å². The van der Waals surface area contributed by atoms with Crippen LogP contribution in [0.1, 0.15) is 451 Å². The third-order valence-corrected chi connectivity index (χ3v) is 17.9. The number of carbonyl (C=O) groups is 3. The highest BCUT2D eigenvalue weighted by Crippen LogP contribution is 2.20. The maximum atomic E-state index is 12.9. The van der Waals surface area contributed by atoms with Crippen LogP contribution in [0.4, 0.5) is 0 Å². The molecule has 0 bridgehead atoms. The Kier molecular flexibility index (Phi) is 70.5. The summed E-state index contributed by atoms with van der Waals surface area (Å²) in [6.07, 6.45) is 86.6. The Hall–Kier alpha value is -1.59. The van der Waals surface area contributed by atoms with E-state index in [0.29, 0.717) is 19.3 Å². The van der Waals surface area contributed by atoms with Gasteiger partial charge in [0.25, 0.3) is 0 Å². The molecule has 0 spiro atoms. The van der Waals surface area contributed by atoms with Gasteiger partial charge in [-0.2, -0.15) is 0 Å². The van der Waals surface area contributed by atoms with Gasteiger partial charge in [-0.1, -0.05) is 412 Å². The zero-order valence-electron chi connectivity index (χ0n) is 56.3. The maximum absolute atomic E-state index is 12.9. The highest BCUT2D eigenvalue weighted by Gasteiger charge is 2.20. The highest BCUT2D eigenvalue weighted by molar-refractivity contribution is 5.71. The van der Waals surface area contributed by atoms with Gasteiger partial charge in [0.15, 0.2) is 6.10 Å². The van der Waals surface area contributed by atoms with E-state index >= 15 is 0 Å². The van der Waals surface area contributed by atoms with Crippen LogP contribution >= 0.6 is 0 Å². The topological polar surface area (TPSA) is 78.9 Å². The predicted octanol–water partition coefficient (Wildman–Crippen LogP) is 26.2. The Morgan fingerprint density at radius 2 is 0.329 bits per heavy atom. The first-order valence-electron chi connectivity index (χ1n) is 38.0. The van der Waals surface area contributed by atoms with Crippen molar-refractivity contribution in [3.8, 4) is 0 Å². The number of unbranched alkanes of at least 4 members (excludes halogenated alkanes) is 61. The van der Waals surface area contributed by atoms with Gasteiger partial charge in [-0.05, 0) is 19.3 Å². The summed E-state index contributed by atoms with van der Waals surface area (Å²) in [4.78, 5) is 38.1. The van der Waals surface area contributed by atoms with E-state index < -0.39 is 6.10 Å². The summed E-state index contributed by atoms with van der Waals surface area (Å²) < 4.78 is 16.9. The second-order valence-corrected chi connectivity index (χ2v) is 26.3. The summed E-state index contributed by atoms with van der Waals surface area (Å²) in [6, 6.07) is 0. The summed E-state index contributed by atoms with van der Waals surface area (Å²) >= 11 is 0. The van der Waals surface area contributed by atoms with Crippen LogP contribution in [-0.4, -0.2) is 37.2 Å². The minimum Gasteiger partial charge on any atom is -0.462 e. The van der Waals surface area contributed by atoms with E-state index in [2.05, 4.69) is 20.8 Å². The van der Waals surface area contributed by atoms with Crippen molar-refractivity contribution in [2.24, 2.45) is 0 Å². The molecule has 6 nitrogen and oxygen atoms in total. The molecule has 6 heteroatoms. The van der Waals surface area contributed by atoms with Crippen LogP contribution in [0, 0.1) is 0 Å². The van der Waals surface area contributed by atoms with Crippen molar-refractivity contribution in [3.63, 3.8) is 0 Å². The van der Waals surface area contributed by atoms with E-state index in [0.717, 1.165) is 64.2 Å². The van der Waals surface area contributed by atoms with Crippen LogP contribution in [0.2, 0.25) is 0 Å². The van der Waals surface area contributed by atoms with E-state index in [1.54, 1.807) is 0 Å². The molecular weight excluding hydrogens is 1010 g/mol. The van der Waals surface area contributed by atoms with Crippen LogP contribution in [0.5, 0.6) is 0 Å². The van der Waals surface area contributed by atoms with Crippen LogP contribution in [0.3, 0.4) is 0 Å². The second-order valence-electron chi connectivity index (χ2n) is 26.3. The van der Waals surface area contributed by atoms with E-state index in [-0.39, 0.29) is 31.1 Å². The molecule has 0 fully saturated rings. The van der Waals surface area contributed by atoms with Gasteiger partial charge in [-0.25, -0.2) is 0 Å². The van der Waals surface area contributed by atoms with Crippen molar-refractivity contribution in [2.75, 3.05) is 13.2 Å². The third-order valence-electron chi connectivity index (χ3n) is 17.9. The quantitative estimate of drug-likeness (QED) is 0.0343. The highest BCUT2D eigenvalue weighted by atomic mass is 16.6. The first-order chi connectivity index (χ1) is 40.5. The van der Waals surface area contributed by atoms with Gasteiger partial charge >= 0.3 is 17.9 Å². The van der Waals surface area contributed by atoms with Crippen molar-refractivity contribution < 1.29 is 28.6 Å². The lowest BCUT2D eigenvalue weighted by Gasteiger charge is -2.18. The van der Waals surface area contributed by atoms with Crippen LogP contribution in [-0.2, 0) is 28.6 Å². The van der Waals surface area contributed by atoms with Crippen LogP contribution < -0.4 is 0 Å². The minimum atomic E-state index is -0.761. The van der Waals surface area contributed by atoms with E-state index in [1.807, 2.05) is 0 Å². The molecule has 0 heterocycles. The first-order valence-corrected chi connectivity index (χ1v) is 38.0. The number of hydrogen-bond donors (Lipinski definition) is 0. The fourth-order valence-electron chi connectivity index (χ4n) is 12.2. The lowest BCUT2D eigenvalue weighted by Crippen LogP contribution is -2.30. The molecule has 1 atom stereocenters. The lowest BCUT2D eigenvalue weighted by atomic mass is 10.0. The fraction of sp³-hybridized carbons (Fsp3) is 0.961. The number of carbonyl (C=O) groups excluding carboxylic acids is 3. The van der Waals surface area contributed by atoms with Crippen molar-refractivity contribution >= 4 is 17.9 Å². The number of hydrogen-bond acceptors (Lipinski definition) is 6. The summed E-state index contributed by atoms with van der Waals surface area (Å²) in [5.41, 5.74) is 0. The lowest BCUT2D eigenvalue weighted by molar-refractivity contribution is -0.167. The normalized spacial score (nSPS) is 11.9. The average molecular weight is 1160 g/mol. The second kappa shape index (κ2) is 71.9. The van der Waals surface area contributed by atoms with E-state index in [1.165, 1.54) is 347 Å². The molecule has 82 heavy (non-hydrogen) atoms. The molecule has 0 aliphatic carbocycles. The smallest absolute Gasteiger partial charge is 0.306 e. The molecular formula is C76H148O6. The number of esters is 3. The molecule has 0 amide bonds. The standard InChI is InChI=1S/C76H148O6/c1-4-7-10-13-15-17-19-21-23-25-27-29-31-33-35-36-37-38-39-41-42-44-46-48-50-52-54-56-58-60-63-66-69-75(78)81-72-73(71-80-74(77)68-65-62-12-9-6-3)82-76(79)70-67-64-61-59-57-55-53-51-49-47-45-43-40-34-32-30-28-26-24-22-20-18-16-14-11-8-5-2/h73H,4-72H2,1-3H3. The van der Waals surface area contributed by atoms with Crippen molar-refractivity contribution in [1.82, 2.24) is 0 Å². The molecule has 0 aromatic carbocycles. The number of ether oxygens (including phenoxy) is 3. The van der Waals surface area contributed by atoms with Gasteiger partial charge in [-0.15, -0.1) is 0 Å². The number of rotatable bonds is 72. The Morgan fingerprint density at radius 1 is 0.195 bits per heavy atom. The molecule has 0 saturated heterocycles. The van der Waals surface area contributed by atoms with Crippen LogP contribution in [0.25, 0.3) is 0 Å². The molecule has 488 valence electrons. The molecule has 0 N–H and O–H groups in total. The van der Waals surface area contributed by atoms with Crippen molar-refractivity contribution in [1.29, 1.82) is 0 Å². The predicted molar refractivity (Wildman–Crippen MR) is 358 cm³/mol. The maximum Gasteiger partial charge on any atom is 0.306 e. The zero-order chi connectivity index (χ0) is 59.2. The van der Waals surface area contributed by atoms with E-state index in [9.17, 15) is 14.4 Å². The minimum absolute atomic E-state index is 0.0620. The molecule has 0 aliphatic heterocycles. The zero-order valence-corrected chi connectivity index (χ0v) is 56.3. The van der Waals surface area contributed by atoms with Gasteiger partial charge < -0.3 is 14.2 Å².